The van der Waals surface area contributed by atoms with Gasteiger partial charge in [-0.05, 0) is 36.6 Å². The summed E-state index contributed by atoms with van der Waals surface area (Å²) in [5.41, 5.74) is 4.31. The molecule has 4 rings (SSSR count). The van der Waals surface area contributed by atoms with E-state index in [2.05, 4.69) is 62.6 Å². The topological polar surface area (TPSA) is 55.4 Å². The Morgan fingerprint density at radius 1 is 0.705 bits per heavy atom. The maximum Gasteiger partial charge on any atom is 0.187 e. The third-order valence-corrected chi connectivity index (χ3v) is 8.78. The highest BCUT2D eigenvalue weighted by Gasteiger charge is 2.49. The fraction of sp³-hybridized carbons (Fsp3) is 0.459. The standard InChI is InChI=1S/C37H50O6Si/c1-28(2)42-37-36(39-22-29(3)27-44(4,5)6)35(41-25-32-20-14-9-15-21-32)34(40-24-31-18-12-8-13-19-31)33(43-37)26-38-23-30-16-10-7-11-17-30/h7-21,28,33-37H,3,22-27H2,1-2,4-6H3/t33-,34-,35+,36-,37-/m1/s1. The van der Waals surface area contributed by atoms with Gasteiger partial charge in [0.25, 0.3) is 0 Å². The van der Waals surface area contributed by atoms with E-state index in [-0.39, 0.29) is 6.10 Å². The lowest BCUT2D eigenvalue weighted by molar-refractivity contribution is -0.331. The summed E-state index contributed by atoms with van der Waals surface area (Å²) < 4.78 is 39.3. The molecule has 7 heteroatoms. The van der Waals surface area contributed by atoms with Crippen LogP contribution in [0.15, 0.2) is 103 Å². The van der Waals surface area contributed by atoms with Crippen LogP contribution in [0, 0.1) is 0 Å². The molecule has 0 aliphatic carbocycles. The molecule has 0 radical (unpaired) electrons. The Morgan fingerprint density at radius 2 is 1.20 bits per heavy atom. The summed E-state index contributed by atoms with van der Waals surface area (Å²) in [6.07, 6.45) is -2.70. The minimum atomic E-state index is -1.36. The van der Waals surface area contributed by atoms with Crippen LogP contribution in [0.2, 0.25) is 25.7 Å². The summed E-state index contributed by atoms with van der Waals surface area (Å²) in [6, 6.07) is 31.4. The van der Waals surface area contributed by atoms with Gasteiger partial charge in [0.1, 0.15) is 24.4 Å². The van der Waals surface area contributed by atoms with Crippen molar-refractivity contribution >= 4 is 8.07 Å². The molecule has 6 nitrogen and oxygen atoms in total. The molecule has 5 atom stereocenters. The zero-order valence-electron chi connectivity index (χ0n) is 27.0. The van der Waals surface area contributed by atoms with Gasteiger partial charge < -0.3 is 28.4 Å². The van der Waals surface area contributed by atoms with Crippen molar-refractivity contribution < 1.29 is 28.4 Å². The van der Waals surface area contributed by atoms with E-state index in [1.807, 2.05) is 68.4 Å². The van der Waals surface area contributed by atoms with Gasteiger partial charge in [0.05, 0.1) is 39.1 Å². The molecule has 1 aliphatic heterocycles. The van der Waals surface area contributed by atoms with Gasteiger partial charge in [-0.2, -0.15) is 0 Å². The minimum absolute atomic E-state index is 0.0845. The largest absolute Gasteiger partial charge is 0.374 e. The monoisotopic (exact) mass is 618 g/mol. The van der Waals surface area contributed by atoms with Crippen molar-refractivity contribution in [3.05, 3.63) is 120 Å². The molecular weight excluding hydrogens is 568 g/mol. The number of rotatable bonds is 17. The maximum absolute atomic E-state index is 6.74. The normalized spacial score (nSPS) is 22.3. The Kier molecular flexibility index (Phi) is 13.4. The average Bonchev–Trinajstić information content (AvgIpc) is 2.99. The Balaban J connectivity index is 1.61. The van der Waals surface area contributed by atoms with Gasteiger partial charge in [-0.3, -0.25) is 0 Å². The molecule has 0 saturated carbocycles. The lowest BCUT2D eigenvalue weighted by Gasteiger charge is -2.46. The molecule has 1 heterocycles. The highest BCUT2D eigenvalue weighted by atomic mass is 28.3. The molecule has 0 N–H and O–H groups in total. The van der Waals surface area contributed by atoms with Gasteiger partial charge >= 0.3 is 0 Å². The van der Waals surface area contributed by atoms with Crippen molar-refractivity contribution in [3.8, 4) is 0 Å². The smallest absolute Gasteiger partial charge is 0.187 e. The lowest BCUT2D eigenvalue weighted by atomic mass is 9.97. The van der Waals surface area contributed by atoms with E-state index < -0.39 is 38.8 Å². The van der Waals surface area contributed by atoms with Gasteiger partial charge in [-0.1, -0.05) is 123 Å². The van der Waals surface area contributed by atoms with Crippen LogP contribution in [0.4, 0.5) is 0 Å². The van der Waals surface area contributed by atoms with Crippen LogP contribution in [-0.4, -0.2) is 58.1 Å². The third-order valence-electron chi connectivity index (χ3n) is 7.22. The molecule has 238 valence electrons. The molecule has 0 spiro atoms. The first-order valence-corrected chi connectivity index (χ1v) is 19.4. The number of ether oxygens (including phenoxy) is 6. The van der Waals surface area contributed by atoms with Crippen molar-refractivity contribution in [3.63, 3.8) is 0 Å². The second-order valence-electron chi connectivity index (χ2n) is 13.0. The van der Waals surface area contributed by atoms with Crippen LogP contribution < -0.4 is 0 Å². The van der Waals surface area contributed by atoms with E-state index in [0.29, 0.717) is 33.0 Å². The van der Waals surface area contributed by atoms with E-state index in [9.17, 15) is 0 Å². The number of benzene rings is 3. The molecule has 1 saturated heterocycles. The van der Waals surface area contributed by atoms with Crippen molar-refractivity contribution in [1.82, 2.24) is 0 Å². The number of hydrogen-bond donors (Lipinski definition) is 0. The van der Waals surface area contributed by atoms with Gasteiger partial charge in [0.15, 0.2) is 6.29 Å². The van der Waals surface area contributed by atoms with Crippen molar-refractivity contribution in [2.75, 3.05) is 13.2 Å². The Labute approximate surface area is 265 Å². The van der Waals surface area contributed by atoms with Crippen molar-refractivity contribution in [2.45, 2.75) is 96.2 Å². The second-order valence-corrected chi connectivity index (χ2v) is 18.5. The van der Waals surface area contributed by atoms with Gasteiger partial charge in [-0.15, -0.1) is 0 Å². The van der Waals surface area contributed by atoms with Crippen LogP contribution in [0.25, 0.3) is 0 Å². The van der Waals surface area contributed by atoms with E-state index >= 15 is 0 Å². The van der Waals surface area contributed by atoms with Crippen LogP contribution in [0.3, 0.4) is 0 Å². The lowest BCUT2D eigenvalue weighted by Crippen LogP contribution is -2.62. The summed E-state index contributed by atoms with van der Waals surface area (Å²) in [4.78, 5) is 0. The SMILES string of the molecule is C=C(CO[C@H]1[C@H](OC(C)C)O[C@H](COCc2ccccc2)[C@@H](OCc2ccccc2)[C@@H]1OCc1ccccc1)C[Si](C)(C)C. The predicted octanol–water partition coefficient (Wildman–Crippen LogP) is 7.80. The summed E-state index contributed by atoms with van der Waals surface area (Å²) >= 11 is 0. The quantitative estimate of drug-likeness (QED) is 0.114. The highest BCUT2D eigenvalue weighted by Crippen LogP contribution is 2.32. The Bertz CT molecular complexity index is 1230. The molecule has 0 aromatic heterocycles. The maximum atomic E-state index is 6.74. The molecule has 3 aromatic carbocycles. The zero-order valence-corrected chi connectivity index (χ0v) is 28.0. The zero-order chi connectivity index (χ0) is 31.4. The van der Waals surface area contributed by atoms with E-state index in [4.69, 9.17) is 28.4 Å². The minimum Gasteiger partial charge on any atom is -0.374 e. The molecule has 1 aliphatic rings. The molecular formula is C37H50O6Si. The van der Waals surface area contributed by atoms with Crippen LogP contribution in [0.5, 0.6) is 0 Å². The van der Waals surface area contributed by atoms with Crippen LogP contribution in [0.1, 0.15) is 30.5 Å². The van der Waals surface area contributed by atoms with Crippen LogP contribution >= 0.6 is 0 Å². The molecule has 0 bridgehead atoms. The number of hydrogen-bond acceptors (Lipinski definition) is 6. The van der Waals surface area contributed by atoms with E-state index in [1.54, 1.807) is 0 Å². The van der Waals surface area contributed by atoms with Crippen molar-refractivity contribution in [1.29, 1.82) is 0 Å². The molecule has 44 heavy (non-hydrogen) atoms. The summed E-state index contributed by atoms with van der Waals surface area (Å²) in [6.45, 7) is 17.4. The van der Waals surface area contributed by atoms with Crippen molar-refractivity contribution in [2.24, 2.45) is 0 Å². The fourth-order valence-corrected chi connectivity index (χ4v) is 6.98. The summed E-state index contributed by atoms with van der Waals surface area (Å²) in [5, 5.41) is 0. The predicted molar refractivity (Wildman–Crippen MR) is 178 cm³/mol. The third kappa shape index (κ3) is 11.4. The first-order chi connectivity index (χ1) is 21.2. The summed E-state index contributed by atoms with van der Waals surface area (Å²) in [5.74, 6) is 0. The second kappa shape index (κ2) is 17.2. The van der Waals surface area contributed by atoms with Gasteiger partial charge in [0, 0.05) is 8.07 Å². The molecule has 3 aromatic rings. The Morgan fingerprint density at radius 3 is 1.70 bits per heavy atom. The molecule has 0 unspecified atom stereocenters. The molecule has 1 fully saturated rings. The van der Waals surface area contributed by atoms with Gasteiger partial charge in [0.2, 0.25) is 0 Å². The summed E-state index contributed by atoms with van der Waals surface area (Å²) in [7, 11) is -1.36. The first-order valence-electron chi connectivity index (χ1n) is 15.7. The first kappa shape index (κ1) is 34.3. The fourth-order valence-electron chi connectivity index (χ4n) is 5.37. The molecule has 0 amide bonds. The van der Waals surface area contributed by atoms with E-state index in [1.165, 1.54) is 0 Å². The van der Waals surface area contributed by atoms with E-state index in [0.717, 1.165) is 28.3 Å². The Hall–Kier alpha value is -2.62. The van der Waals surface area contributed by atoms with Crippen LogP contribution in [-0.2, 0) is 48.2 Å². The highest BCUT2D eigenvalue weighted by molar-refractivity contribution is 6.76. The average molecular weight is 619 g/mol. The van der Waals surface area contributed by atoms with Gasteiger partial charge in [-0.25, -0.2) is 0 Å².